The van der Waals surface area contributed by atoms with Crippen LogP contribution in [0.25, 0.3) is 0 Å². The summed E-state index contributed by atoms with van der Waals surface area (Å²) in [7, 11) is 0. The van der Waals surface area contributed by atoms with E-state index >= 15 is 0 Å². The molecule has 11 heavy (non-hydrogen) atoms. The summed E-state index contributed by atoms with van der Waals surface area (Å²) in [5, 5.41) is 0. The molecule has 0 bridgehead atoms. The second-order valence-electron chi connectivity index (χ2n) is 2.00. The van der Waals surface area contributed by atoms with Gasteiger partial charge in [-0.1, -0.05) is 15.9 Å². The van der Waals surface area contributed by atoms with Gasteiger partial charge in [0.05, 0.1) is 0 Å². The minimum Gasteiger partial charge on any atom is -1.00 e. The van der Waals surface area contributed by atoms with Gasteiger partial charge >= 0.3 is 23.1 Å². The summed E-state index contributed by atoms with van der Waals surface area (Å²) in [6.45, 7) is 0.339. The first-order chi connectivity index (χ1) is 4.86. The van der Waals surface area contributed by atoms with Crippen LogP contribution in [0.4, 0.5) is 0 Å². The molecule has 0 amide bonds. The van der Waals surface area contributed by atoms with E-state index in [1.54, 1.807) is 0 Å². The molecule has 2 rings (SSSR count). The van der Waals surface area contributed by atoms with Gasteiger partial charge in [0.25, 0.3) is 0 Å². The van der Waals surface area contributed by atoms with Gasteiger partial charge < -0.3 is 12.3 Å². The number of benzene rings is 1. The number of halogens is 1. The van der Waals surface area contributed by atoms with Crippen LogP contribution in [0.1, 0.15) is 2.85 Å². The van der Waals surface area contributed by atoms with Crippen LogP contribution in [0.15, 0.2) is 22.7 Å². The molecule has 0 aromatic heterocycles. The molecule has 1 heterocycles. The number of hydrogen-bond donors (Lipinski definition) is 0. The summed E-state index contributed by atoms with van der Waals surface area (Å²) in [4.78, 5) is 0. The number of rotatable bonds is 0. The van der Waals surface area contributed by atoms with Crippen molar-refractivity contribution >= 4 is 39.0 Å². The van der Waals surface area contributed by atoms with Gasteiger partial charge in [-0.3, -0.25) is 0 Å². The Labute approximate surface area is 92.1 Å². The van der Waals surface area contributed by atoms with Crippen LogP contribution in [-0.2, 0) is 0 Å². The summed E-state index contributed by atoms with van der Waals surface area (Å²) >= 11 is 3.33. The van der Waals surface area contributed by atoms with Crippen LogP contribution < -0.4 is 9.47 Å². The predicted octanol–water partition coefficient (Wildman–Crippen LogP) is 2.02. The number of fused-ring (bicyclic) bond motifs is 1. The van der Waals surface area contributed by atoms with Crippen molar-refractivity contribution < 1.29 is 12.3 Å². The first kappa shape index (κ1) is 9.16. The Hall–Kier alpha value is 0.0662. The zero-order valence-corrected chi connectivity index (χ0v) is 8.84. The minimum absolute atomic E-state index is 0. The van der Waals surface area contributed by atoms with E-state index in [-0.39, 0.29) is 25.9 Å². The van der Waals surface area contributed by atoms with Gasteiger partial charge in [-0.25, -0.2) is 0 Å². The standard InChI is InChI=1S/C7H5BrO2.Mg.2H/c8-5-1-2-6-7(3-5)10-4-9-6;;;/h1-3H,4H2;;;/q;+2;2*-1. The normalized spacial score (nSPS) is 12.5. The van der Waals surface area contributed by atoms with E-state index in [1.807, 2.05) is 18.2 Å². The molecule has 0 spiro atoms. The molecule has 56 valence electrons. The fourth-order valence-corrected chi connectivity index (χ4v) is 1.21. The van der Waals surface area contributed by atoms with Crippen molar-refractivity contribution in [1.29, 1.82) is 0 Å². The molecule has 0 radical (unpaired) electrons. The maximum absolute atomic E-state index is 5.13. The van der Waals surface area contributed by atoms with E-state index in [0.29, 0.717) is 6.79 Å². The van der Waals surface area contributed by atoms with E-state index in [1.165, 1.54) is 0 Å². The molecule has 2 nitrogen and oxygen atoms in total. The van der Waals surface area contributed by atoms with E-state index in [9.17, 15) is 0 Å². The molecule has 0 fully saturated rings. The van der Waals surface area contributed by atoms with Crippen LogP contribution in [0.5, 0.6) is 11.5 Å². The topological polar surface area (TPSA) is 18.5 Å². The van der Waals surface area contributed by atoms with Crippen molar-refractivity contribution in [1.82, 2.24) is 0 Å². The summed E-state index contributed by atoms with van der Waals surface area (Å²) in [6, 6.07) is 5.70. The minimum atomic E-state index is 0. The summed E-state index contributed by atoms with van der Waals surface area (Å²) in [5.41, 5.74) is 0. The van der Waals surface area contributed by atoms with Gasteiger partial charge in [0.2, 0.25) is 6.79 Å². The maximum Gasteiger partial charge on any atom is 2.00 e. The Bertz CT molecular complexity index is 273. The molecule has 0 aliphatic carbocycles. The van der Waals surface area contributed by atoms with Gasteiger partial charge in [0, 0.05) is 4.47 Å². The monoisotopic (exact) mass is 226 g/mol. The molecule has 0 unspecified atom stereocenters. The van der Waals surface area contributed by atoms with Crippen molar-refractivity contribution in [3.8, 4) is 11.5 Å². The van der Waals surface area contributed by atoms with Gasteiger partial charge in [-0.2, -0.15) is 0 Å². The fourth-order valence-electron chi connectivity index (χ4n) is 0.870. The first-order valence-electron chi connectivity index (χ1n) is 2.91. The van der Waals surface area contributed by atoms with Crippen LogP contribution >= 0.6 is 15.9 Å². The largest absolute Gasteiger partial charge is 2.00 e. The second-order valence-corrected chi connectivity index (χ2v) is 2.91. The maximum atomic E-state index is 5.13. The molecule has 1 aromatic carbocycles. The Kier molecular flexibility index (Phi) is 3.03. The third-order valence-corrected chi connectivity index (χ3v) is 1.83. The van der Waals surface area contributed by atoms with Crippen LogP contribution in [0.2, 0.25) is 0 Å². The van der Waals surface area contributed by atoms with Crippen molar-refractivity contribution in [3.63, 3.8) is 0 Å². The molecule has 0 saturated carbocycles. The summed E-state index contributed by atoms with van der Waals surface area (Å²) < 4.78 is 11.2. The second kappa shape index (κ2) is 3.65. The van der Waals surface area contributed by atoms with E-state index in [0.717, 1.165) is 16.0 Å². The fraction of sp³-hybridized carbons (Fsp3) is 0.143. The smallest absolute Gasteiger partial charge is 1.00 e. The molecule has 4 heteroatoms. The van der Waals surface area contributed by atoms with Crippen molar-refractivity contribution in [2.45, 2.75) is 0 Å². The summed E-state index contributed by atoms with van der Waals surface area (Å²) in [5.74, 6) is 1.64. The number of ether oxygens (including phenoxy) is 2. The average Bonchev–Trinajstić information content (AvgIpc) is 2.33. The quantitative estimate of drug-likeness (QED) is 0.631. The third kappa shape index (κ3) is 1.80. The Morgan fingerprint density at radius 2 is 2.00 bits per heavy atom. The van der Waals surface area contributed by atoms with Crippen molar-refractivity contribution in [2.24, 2.45) is 0 Å². The molecular formula is C7H7BrMgO2. The zero-order valence-electron chi connectivity index (χ0n) is 7.84. The predicted molar refractivity (Wildman–Crippen MR) is 48.2 cm³/mol. The zero-order chi connectivity index (χ0) is 6.97. The molecule has 0 N–H and O–H groups in total. The van der Waals surface area contributed by atoms with Crippen LogP contribution in [0, 0.1) is 0 Å². The van der Waals surface area contributed by atoms with Gasteiger partial charge in [-0.05, 0) is 18.2 Å². The molecule has 1 aromatic rings. The Morgan fingerprint density at radius 1 is 1.27 bits per heavy atom. The first-order valence-corrected chi connectivity index (χ1v) is 3.71. The van der Waals surface area contributed by atoms with Crippen molar-refractivity contribution in [3.05, 3.63) is 22.7 Å². The van der Waals surface area contributed by atoms with E-state index in [4.69, 9.17) is 9.47 Å². The average molecular weight is 227 g/mol. The van der Waals surface area contributed by atoms with Gasteiger partial charge in [0.15, 0.2) is 11.5 Å². The Morgan fingerprint density at radius 3 is 2.82 bits per heavy atom. The molecule has 0 saturated heterocycles. The molecular weight excluding hydrogens is 220 g/mol. The Balaban J connectivity index is 0. The molecule has 1 aliphatic heterocycles. The van der Waals surface area contributed by atoms with Crippen LogP contribution in [0.3, 0.4) is 0 Å². The van der Waals surface area contributed by atoms with E-state index in [2.05, 4.69) is 15.9 Å². The molecule has 1 aliphatic rings. The van der Waals surface area contributed by atoms with Crippen LogP contribution in [-0.4, -0.2) is 29.8 Å². The third-order valence-electron chi connectivity index (χ3n) is 1.33. The molecule has 0 atom stereocenters. The van der Waals surface area contributed by atoms with Gasteiger partial charge in [0.1, 0.15) is 0 Å². The number of hydrogen-bond acceptors (Lipinski definition) is 2. The van der Waals surface area contributed by atoms with Crippen molar-refractivity contribution in [2.75, 3.05) is 6.79 Å². The van der Waals surface area contributed by atoms with E-state index < -0.39 is 0 Å². The summed E-state index contributed by atoms with van der Waals surface area (Å²) in [6.07, 6.45) is 0. The van der Waals surface area contributed by atoms with Gasteiger partial charge in [-0.15, -0.1) is 0 Å². The SMILES string of the molecule is Brc1ccc2c(c1)OCO2.[H-].[H-].[Mg+2].